The molecule has 0 saturated carbocycles. The van der Waals surface area contributed by atoms with E-state index < -0.39 is 6.10 Å². The summed E-state index contributed by atoms with van der Waals surface area (Å²) in [5, 5.41) is 12.6. The molecule has 1 heterocycles. The molecule has 1 unspecified atom stereocenters. The van der Waals surface area contributed by atoms with E-state index in [0.717, 1.165) is 17.4 Å². The van der Waals surface area contributed by atoms with Crippen molar-refractivity contribution in [2.24, 2.45) is 14.1 Å². The lowest BCUT2D eigenvalue weighted by Gasteiger charge is -2.13. The van der Waals surface area contributed by atoms with Gasteiger partial charge in [-0.3, -0.25) is 13.9 Å². The van der Waals surface area contributed by atoms with Crippen molar-refractivity contribution in [3.05, 3.63) is 32.6 Å². The van der Waals surface area contributed by atoms with Crippen LogP contribution in [-0.2, 0) is 20.6 Å². The molecule has 18 heavy (non-hydrogen) atoms. The van der Waals surface area contributed by atoms with Crippen molar-refractivity contribution in [2.45, 2.75) is 32.4 Å². The molecule has 0 aliphatic heterocycles. The highest BCUT2D eigenvalue weighted by Crippen LogP contribution is 1.95. The van der Waals surface area contributed by atoms with Crippen LogP contribution in [0.4, 0.5) is 0 Å². The molecule has 1 rings (SSSR count). The third kappa shape index (κ3) is 3.54. The van der Waals surface area contributed by atoms with E-state index in [0.29, 0.717) is 18.8 Å². The second-order valence-electron chi connectivity index (χ2n) is 4.45. The summed E-state index contributed by atoms with van der Waals surface area (Å²) < 4.78 is 2.50. The zero-order valence-corrected chi connectivity index (χ0v) is 11.1. The van der Waals surface area contributed by atoms with Gasteiger partial charge in [0.05, 0.1) is 6.10 Å². The van der Waals surface area contributed by atoms with Crippen LogP contribution in [0.25, 0.3) is 0 Å². The molecule has 1 aromatic rings. The summed E-state index contributed by atoms with van der Waals surface area (Å²) in [5.41, 5.74) is -0.0378. The van der Waals surface area contributed by atoms with E-state index in [4.69, 9.17) is 0 Å². The first-order valence-corrected chi connectivity index (χ1v) is 6.12. The second kappa shape index (κ2) is 6.51. The molecule has 6 nitrogen and oxygen atoms in total. The van der Waals surface area contributed by atoms with E-state index in [-0.39, 0.29) is 11.2 Å². The van der Waals surface area contributed by atoms with Crippen LogP contribution in [0.15, 0.2) is 15.7 Å². The minimum absolute atomic E-state index is 0.316. The van der Waals surface area contributed by atoms with Gasteiger partial charge < -0.3 is 10.4 Å². The van der Waals surface area contributed by atoms with Gasteiger partial charge in [0.25, 0.3) is 5.56 Å². The van der Waals surface area contributed by atoms with Gasteiger partial charge in [-0.2, -0.15) is 0 Å². The Kier molecular flexibility index (Phi) is 5.30. The van der Waals surface area contributed by atoms with Crippen LogP contribution in [0.5, 0.6) is 0 Å². The Morgan fingerprint density at radius 2 is 2.00 bits per heavy atom. The first-order valence-electron chi connectivity index (χ1n) is 6.12. The Labute approximate surface area is 106 Å². The predicted octanol–water partition coefficient (Wildman–Crippen LogP) is -0.665. The van der Waals surface area contributed by atoms with E-state index in [9.17, 15) is 14.7 Å². The zero-order valence-electron chi connectivity index (χ0n) is 11.1. The van der Waals surface area contributed by atoms with Crippen LogP contribution >= 0.6 is 0 Å². The third-order valence-corrected chi connectivity index (χ3v) is 2.93. The normalized spacial score (nSPS) is 12.7. The molecule has 102 valence electrons. The minimum atomic E-state index is -0.390. The fraction of sp³-hybridized carbons (Fsp3) is 0.667. The number of aliphatic hydroxyl groups is 1. The lowest BCUT2D eigenvalue weighted by atomic mass is 10.2. The molecular weight excluding hydrogens is 234 g/mol. The smallest absolute Gasteiger partial charge is 0.330 e. The van der Waals surface area contributed by atoms with Crippen LogP contribution in [0.1, 0.15) is 25.5 Å². The van der Waals surface area contributed by atoms with Crippen molar-refractivity contribution in [1.29, 1.82) is 0 Å². The van der Waals surface area contributed by atoms with Crippen LogP contribution in [0.2, 0.25) is 0 Å². The van der Waals surface area contributed by atoms with E-state index in [1.54, 1.807) is 7.05 Å². The van der Waals surface area contributed by atoms with Crippen molar-refractivity contribution >= 4 is 0 Å². The standard InChI is InChI=1S/C12H21N3O3/c1-4-5-10(16)8-13-7-9-6-11(17)15(3)12(18)14(9)2/h6,10,13,16H,4-5,7-8H2,1-3H3. The van der Waals surface area contributed by atoms with E-state index in [1.807, 2.05) is 6.92 Å². The van der Waals surface area contributed by atoms with Gasteiger partial charge in [0.2, 0.25) is 0 Å². The van der Waals surface area contributed by atoms with E-state index in [2.05, 4.69) is 5.32 Å². The molecule has 6 heteroatoms. The Morgan fingerprint density at radius 1 is 1.33 bits per heavy atom. The maximum atomic E-state index is 11.7. The summed E-state index contributed by atoms with van der Waals surface area (Å²) in [6.07, 6.45) is 1.27. The number of hydrogen-bond acceptors (Lipinski definition) is 4. The quantitative estimate of drug-likeness (QED) is 0.707. The Morgan fingerprint density at radius 3 is 2.61 bits per heavy atom. The zero-order chi connectivity index (χ0) is 13.7. The fourth-order valence-corrected chi connectivity index (χ4v) is 1.75. The topological polar surface area (TPSA) is 76.3 Å². The van der Waals surface area contributed by atoms with E-state index >= 15 is 0 Å². The highest BCUT2D eigenvalue weighted by molar-refractivity contribution is 5.01. The van der Waals surface area contributed by atoms with Crippen molar-refractivity contribution in [1.82, 2.24) is 14.5 Å². The first-order chi connectivity index (χ1) is 8.47. The summed E-state index contributed by atoms with van der Waals surface area (Å²) in [5.74, 6) is 0. The van der Waals surface area contributed by atoms with Gasteiger partial charge in [-0.15, -0.1) is 0 Å². The van der Waals surface area contributed by atoms with Gasteiger partial charge in [-0.05, 0) is 6.42 Å². The lowest BCUT2D eigenvalue weighted by molar-refractivity contribution is 0.160. The van der Waals surface area contributed by atoms with Crippen LogP contribution in [-0.4, -0.2) is 26.9 Å². The molecule has 0 bridgehead atoms. The fourth-order valence-electron chi connectivity index (χ4n) is 1.75. The summed E-state index contributed by atoms with van der Waals surface area (Å²) in [4.78, 5) is 23.1. The average molecular weight is 255 g/mol. The van der Waals surface area contributed by atoms with Crippen molar-refractivity contribution in [3.8, 4) is 0 Å². The minimum Gasteiger partial charge on any atom is -0.392 e. The molecule has 0 saturated heterocycles. The number of nitrogens with zero attached hydrogens (tertiary/aromatic N) is 2. The largest absolute Gasteiger partial charge is 0.392 e. The van der Waals surface area contributed by atoms with Gasteiger partial charge in [0.1, 0.15) is 0 Å². The molecule has 0 aromatic carbocycles. The highest BCUT2D eigenvalue weighted by atomic mass is 16.3. The summed E-state index contributed by atoms with van der Waals surface area (Å²) in [7, 11) is 3.08. The van der Waals surface area contributed by atoms with Crippen LogP contribution in [0.3, 0.4) is 0 Å². The molecule has 0 aliphatic rings. The predicted molar refractivity (Wildman–Crippen MR) is 69.5 cm³/mol. The summed E-state index contributed by atoms with van der Waals surface area (Å²) in [6, 6.07) is 1.43. The van der Waals surface area contributed by atoms with Crippen molar-refractivity contribution in [2.75, 3.05) is 6.54 Å². The average Bonchev–Trinajstić information content (AvgIpc) is 2.33. The molecule has 0 aliphatic carbocycles. The summed E-state index contributed by atoms with van der Waals surface area (Å²) in [6.45, 7) is 2.85. The van der Waals surface area contributed by atoms with Crippen molar-refractivity contribution < 1.29 is 5.11 Å². The molecule has 2 N–H and O–H groups in total. The molecule has 0 spiro atoms. The molecule has 0 amide bonds. The Hall–Kier alpha value is -1.40. The Balaban J connectivity index is 2.69. The Bertz CT molecular complexity index is 504. The lowest BCUT2D eigenvalue weighted by Crippen LogP contribution is -2.39. The molecule has 1 aromatic heterocycles. The van der Waals surface area contributed by atoms with Gasteiger partial charge in [0, 0.05) is 38.9 Å². The monoisotopic (exact) mass is 255 g/mol. The van der Waals surface area contributed by atoms with Crippen LogP contribution in [0, 0.1) is 0 Å². The van der Waals surface area contributed by atoms with Crippen molar-refractivity contribution in [3.63, 3.8) is 0 Å². The molecule has 0 radical (unpaired) electrons. The number of aromatic nitrogens is 2. The summed E-state index contributed by atoms with van der Waals surface area (Å²) >= 11 is 0. The van der Waals surface area contributed by atoms with E-state index in [1.165, 1.54) is 17.7 Å². The number of aliphatic hydroxyl groups excluding tert-OH is 1. The van der Waals surface area contributed by atoms with Crippen LogP contribution < -0.4 is 16.6 Å². The molecule has 0 fully saturated rings. The van der Waals surface area contributed by atoms with Gasteiger partial charge in [0.15, 0.2) is 0 Å². The van der Waals surface area contributed by atoms with Gasteiger partial charge in [-0.25, -0.2) is 4.79 Å². The third-order valence-electron chi connectivity index (χ3n) is 2.93. The maximum absolute atomic E-state index is 11.7. The first kappa shape index (κ1) is 14.7. The maximum Gasteiger partial charge on any atom is 0.330 e. The molecule has 1 atom stereocenters. The molecular formula is C12H21N3O3. The number of rotatable bonds is 6. The second-order valence-corrected chi connectivity index (χ2v) is 4.45. The van der Waals surface area contributed by atoms with Gasteiger partial charge in [-0.1, -0.05) is 13.3 Å². The highest BCUT2D eigenvalue weighted by Gasteiger charge is 2.06. The number of nitrogens with one attached hydrogen (secondary N) is 1. The number of hydrogen-bond donors (Lipinski definition) is 2. The SMILES string of the molecule is CCCC(O)CNCc1cc(=O)n(C)c(=O)n1C. The van der Waals surface area contributed by atoms with Gasteiger partial charge >= 0.3 is 5.69 Å².